The third-order valence-corrected chi connectivity index (χ3v) is 10.7. The third kappa shape index (κ3) is 9.44. The van der Waals surface area contributed by atoms with E-state index in [9.17, 15) is 13.8 Å². The summed E-state index contributed by atoms with van der Waals surface area (Å²) in [5.41, 5.74) is 3.83. The van der Waals surface area contributed by atoms with Crippen LogP contribution in [0.3, 0.4) is 0 Å². The lowest BCUT2D eigenvalue weighted by Crippen LogP contribution is -2.40. The van der Waals surface area contributed by atoms with Gasteiger partial charge in [-0.3, -0.25) is 19.1 Å². The van der Waals surface area contributed by atoms with Crippen molar-refractivity contribution in [3.63, 3.8) is 0 Å². The van der Waals surface area contributed by atoms with Crippen LogP contribution in [-0.4, -0.2) is 86.5 Å². The summed E-state index contributed by atoms with van der Waals surface area (Å²) in [5, 5.41) is 10.3. The Bertz CT molecular complexity index is 1800. The summed E-state index contributed by atoms with van der Waals surface area (Å²) >= 11 is 0. The van der Waals surface area contributed by atoms with Crippen LogP contribution in [0.5, 0.6) is 0 Å². The predicted molar refractivity (Wildman–Crippen MR) is 194 cm³/mol. The van der Waals surface area contributed by atoms with Crippen LogP contribution >= 0.6 is 0 Å². The van der Waals surface area contributed by atoms with Crippen LogP contribution in [0, 0.1) is 0 Å². The lowest BCUT2D eigenvalue weighted by atomic mass is 9.89. The number of nitrogens with zero attached hydrogens (tertiary/aromatic N) is 5. The number of likely N-dealkylation sites (tertiary alicyclic amines) is 1. The van der Waals surface area contributed by atoms with E-state index < -0.39 is 11.0 Å². The monoisotopic (exact) mass is 686 g/mol. The highest BCUT2D eigenvalue weighted by atomic mass is 32.2. The molecule has 1 unspecified atom stereocenters. The molecule has 12 nitrogen and oxygen atoms in total. The fraction of sp³-hybridized carbons (Fsp3) is 0.417. The summed E-state index contributed by atoms with van der Waals surface area (Å²) in [4.78, 5) is 44.5. The SMILES string of the molecule is C=O.CNCCC(=O)Nc1cccc(C2CCN(Cc3cccc(S(=O)N4CCC(Nc5ncc6ccc(=O)n(C)c6n5)CC4)c3)CC2)c1. The number of fused-ring (bicyclic) bond motifs is 1. The molecule has 0 bridgehead atoms. The molecule has 260 valence electrons. The van der Waals surface area contributed by atoms with Crippen LogP contribution in [0.2, 0.25) is 0 Å². The van der Waals surface area contributed by atoms with Gasteiger partial charge in [-0.2, -0.15) is 4.98 Å². The maximum absolute atomic E-state index is 13.6. The summed E-state index contributed by atoms with van der Waals surface area (Å²) in [7, 11) is 2.33. The minimum Gasteiger partial charge on any atom is -0.351 e. The smallest absolute Gasteiger partial charge is 0.251 e. The second-order valence-corrected chi connectivity index (χ2v) is 14.0. The van der Waals surface area contributed by atoms with E-state index in [4.69, 9.17) is 4.79 Å². The van der Waals surface area contributed by atoms with E-state index in [1.165, 1.54) is 21.8 Å². The van der Waals surface area contributed by atoms with Gasteiger partial charge in [0.2, 0.25) is 11.9 Å². The maximum atomic E-state index is 13.6. The number of anilines is 2. The van der Waals surface area contributed by atoms with E-state index in [1.54, 1.807) is 19.3 Å². The highest BCUT2D eigenvalue weighted by molar-refractivity contribution is 7.82. The van der Waals surface area contributed by atoms with Crippen LogP contribution in [0.25, 0.3) is 11.0 Å². The normalized spacial score (nSPS) is 16.9. The van der Waals surface area contributed by atoms with E-state index >= 15 is 0 Å². The Morgan fingerprint density at radius 1 is 0.980 bits per heavy atom. The molecule has 2 aliphatic rings. The minimum absolute atomic E-state index is 0.0267. The van der Waals surface area contributed by atoms with Crippen LogP contribution < -0.4 is 21.5 Å². The van der Waals surface area contributed by atoms with Gasteiger partial charge in [0.05, 0.1) is 4.90 Å². The summed E-state index contributed by atoms with van der Waals surface area (Å²) in [6, 6.07) is 19.9. The fourth-order valence-electron chi connectivity index (χ4n) is 6.48. The lowest BCUT2D eigenvalue weighted by Gasteiger charge is -2.33. The van der Waals surface area contributed by atoms with E-state index in [2.05, 4.69) is 55.1 Å². The first kappa shape index (κ1) is 36.0. The van der Waals surface area contributed by atoms with Crippen LogP contribution in [0.1, 0.15) is 49.1 Å². The van der Waals surface area contributed by atoms with Crippen molar-refractivity contribution in [2.75, 3.05) is 50.4 Å². The zero-order chi connectivity index (χ0) is 34.8. The molecule has 4 heterocycles. The molecule has 49 heavy (non-hydrogen) atoms. The molecule has 2 aromatic carbocycles. The molecule has 2 saturated heterocycles. The molecule has 6 rings (SSSR count). The van der Waals surface area contributed by atoms with Crippen molar-refractivity contribution < 1.29 is 13.8 Å². The first-order chi connectivity index (χ1) is 23.9. The standard InChI is InChI=1S/C35H44N8O3S.CH2O/c1-36-16-11-32(44)38-30-7-4-6-27(22-30)26-12-17-42(18-13-26)24-25-5-3-8-31(21-25)47(46)43-19-14-29(15-20-43)39-35-37-23-28-9-10-33(45)41(2)34(28)40-35;1-2/h3-10,21-23,26,29,36H,11-20,24H2,1-2H3,(H,38,44)(H,37,39,40);1H2. The maximum Gasteiger partial charge on any atom is 0.251 e. The minimum atomic E-state index is -1.23. The number of piperidine rings is 2. The van der Waals surface area contributed by atoms with Crippen molar-refractivity contribution in [2.24, 2.45) is 7.05 Å². The predicted octanol–water partition coefficient (Wildman–Crippen LogP) is 3.67. The average molecular weight is 687 g/mol. The molecule has 0 saturated carbocycles. The average Bonchev–Trinajstić information content (AvgIpc) is 3.14. The zero-order valence-corrected chi connectivity index (χ0v) is 29.1. The van der Waals surface area contributed by atoms with Gasteiger partial charge < -0.3 is 20.7 Å². The van der Waals surface area contributed by atoms with Crippen molar-refractivity contribution >= 4 is 46.4 Å². The molecule has 2 fully saturated rings. The number of carbonyl (C=O) groups is 2. The molecule has 2 aromatic heterocycles. The van der Waals surface area contributed by atoms with Crippen molar-refractivity contribution in [1.29, 1.82) is 0 Å². The largest absolute Gasteiger partial charge is 0.351 e. The first-order valence-electron chi connectivity index (χ1n) is 16.8. The molecular formula is C36H46N8O4S. The number of benzene rings is 2. The van der Waals surface area contributed by atoms with Gasteiger partial charge in [-0.15, -0.1) is 0 Å². The van der Waals surface area contributed by atoms with E-state index in [-0.39, 0.29) is 17.5 Å². The Morgan fingerprint density at radius 3 is 2.49 bits per heavy atom. The number of carbonyl (C=O) groups excluding carboxylic acids is 2. The molecule has 4 aromatic rings. The highest BCUT2D eigenvalue weighted by Gasteiger charge is 2.25. The number of nitrogens with one attached hydrogen (secondary N) is 3. The fourth-order valence-corrected chi connectivity index (χ4v) is 7.77. The quantitative estimate of drug-likeness (QED) is 0.216. The second kappa shape index (κ2) is 17.4. The molecule has 1 atom stereocenters. The number of hydrogen-bond acceptors (Lipinski definition) is 9. The van der Waals surface area contributed by atoms with Gasteiger partial charge in [-0.05, 0) is 93.2 Å². The number of hydrogen-bond donors (Lipinski definition) is 3. The molecule has 13 heteroatoms. The van der Waals surface area contributed by atoms with Gasteiger partial charge >= 0.3 is 0 Å². The molecule has 1 amide bonds. The Hall–Kier alpha value is -4.30. The van der Waals surface area contributed by atoms with Gasteiger partial charge in [0.1, 0.15) is 23.4 Å². The van der Waals surface area contributed by atoms with Crippen LogP contribution in [-0.2, 0) is 34.2 Å². The van der Waals surface area contributed by atoms with Crippen LogP contribution in [0.15, 0.2) is 76.6 Å². The third-order valence-electron chi connectivity index (χ3n) is 9.21. The zero-order valence-electron chi connectivity index (χ0n) is 28.3. The first-order valence-corrected chi connectivity index (χ1v) is 17.9. The topological polar surface area (TPSA) is 142 Å². The Balaban J connectivity index is 0.00000230. The molecule has 0 spiro atoms. The van der Waals surface area contributed by atoms with Crippen molar-refractivity contribution in [3.05, 3.63) is 88.3 Å². The number of aromatic nitrogens is 3. The summed E-state index contributed by atoms with van der Waals surface area (Å²) in [6.45, 7) is 6.89. The van der Waals surface area contributed by atoms with Gasteiger partial charge in [0, 0.05) is 69.0 Å². The lowest BCUT2D eigenvalue weighted by molar-refractivity contribution is -0.116. The Morgan fingerprint density at radius 2 is 1.73 bits per heavy atom. The van der Waals surface area contributed by atoms with Crippen molar-refractivity contribution in [3.8, 4) is 0 Å². The molecule has 3 N–H and O–H groups in total. The Kier molecular flexibility index (Phi) is 12.8. The summed E-state index contributed by atoms with van der Waals surface area (Å²) in [6.07, 6.45) is 5.96. The molecular weight excluding hydrogens is 641 g/mol. The number of pyridine rings is 1. The van der Waals surface area contributed by atoms with Crippen molar-refractivity contribution in [1.82, 2.24) is 29.1 Å². The Labute approximate surface area is 289 Å². The van der Waals surface area contributed by atoms with E-state index in [1.807, 2.05) is 42.4 Å². The number of rotatable bonds is 11. The second-order valence-electron chi connectivity index (χ2n) is 12.5. The molecule has 2 aliphatic heterocycles. The highest BCUT2D eigenvalue weighted by Crippen LogP contribution is 2.30. The number of amides is 1. The molecule has 0 radical (unpaired) electrons. The van der Waals surface area contributed by atoms with Gasteiger partial charge in [-0.1, -0.05) is 24.3 Å². The number of aryl methyl sites for hydroxylation is 1. The van der Waals surface area contributed by atoms with Gasteiger partial charge in [0.25, 0.3) is 5.56 Å². The molecule has 0 aliphatic carbocycles. The summed E-state index contributed by atoms with van der Waals surface area (Å²) < 4.78 is 17.2. The van der Waals surface area contributed by atoms with Crippen LogP contribution in [0.4, 0.5) is 11.6 Å². The van der Waals surface area contributed by atoms with Gasteiger partial charge in [-0.25, -0.2) is 13.5 Å². The summed E-state index contributed by atoms with van der Waals surface area (Å²) in [5.74, 6) is 1.00. The van der Waals surface area contributed by atoms with E-state index in [0.29, 0.717) is 43.6 Å². The van der Waals surface area contributed by atoms with Gasteiger partial charge in [0.15, 0.2) is 0 Å². The van der Waals surface area contributed by atoms with E-state index in [0.717, 1.165) is 61.3 Å². The van der Waals surface area contributed by atoms with Crippen molar-refractivity contribution in [2.45, 2.75) is 55.5 Å².